The minimum absolute atomic E-state index is 0.0904. The lowest BCUT2D eigenvalue weighted by Gasteiger charge is -2.18. The smallest absolute Gasteiger partial charge is 0.329 e. The SMILES string of the molecule is C=CCNC(=O)C(=O)N/N=C\c1ccc(C(C)(C)C)cc1. The van der Waals surface area contributed by atoms with Crippen LogP contribution in [0.3, 0.4) is 0 Å². The van der Waals surface area contributed by atoms with Gasteiger partial charge in [-0.25, -0.2) is 5.43 Å². The zero-order valence-corrected chi connectivity index (χ0v) is 12.6. The summed E-state index contributed by atoms with van der Waals surface area (Å²) < 4.78 is 0. The van der Waals surface area contributed by atoms with Crippen LogP contribution >= 0.6 is 0 Å². The van der Waals surface area contributed by atoms with Crippen molar-refractivity contribution in [3.63, 3.8) is 0 Å². The molecule has 0 unspecified atom stereocenters. The van der Waals surface area contributed by atoms with E-state index >= 15 is 0 Å². The van der Waals surface area contributed by atoms with Crippen molar-refractivity contribution >= 4 is 18.0 Å². The molecule has 0 aliphatic heterocycles. The predicted molar refractivity (Wildman–Crippen MR) is 84.1 cm³/mol. The highest BCUT2D eigenvalue weighted by molar-refractivity contribution is 6.35. The van der Waals surface area contributed by atoms with Crippen LogP contribution in [0, 0.1) is 0 Å². The molecule has 0 spiro atoms. The summed E-state index contributed by atoms with van der Waals surface area (Å²) in [5.41, 5.74) is 4.32. The van der Waals surface area contributed by atoms with Crippen molar-refractivity contribution in [3.8, 4) is 0 Å². The molecule has 5 heteroatoms. The van der Waals surface area contributed by atoms with Crippen LogP contribution in [0.5, 0.6) is 0 Å². The third-order valence-electron chi connectivity index (χ3n) is 2.77. The van der Waals surface area contributed by atoms with Crippen LogP contribution in [0.15, 0.2) is 42.0 Å². The van der Waals surface area contributed by atoms with Gasteiger partial charge in [0.05, 0.1) is 6.21 Å². The van der Waals surface area contributed by atoms with E-state index in [1.807, 2.05) is 24.3 Å². The van der Waals surface area contributed by atoms with Gasteiger partial charge < -0.3 is 5.32 Å². The fourth-order valence-electron chi connectivity index (χ4n) is 1.53. The highest BCUT2D eigenvalue weighted by Crippen LogP contribution is 2.21. The molecular weight excluding hydrogens is 266 g/mol. The summed E-state index contributed by atoms with van der Waals surface area (Å²) >= 11 is 0. The molecule has 0 saturated carbocycles. The average Bonchev–Trinajstić information content (AvgIpc) is 2.44. The molecule has 0 aliphatic carbocycles. The van der Waals surface area contributed by atoms with E-state index in [-0.39, 0.29) is 12.0 Å². The first-order valence-corrected chi connectivity index (χ1v) is 6.67. The molecular formula is C16H21N3O2. The molecule has 5 nitrogen and oxygen atoms in total. The summed E-state index contributed by atoms with van der Waals surface area (Å²) in [4.78, 5) is 22.6. The van der Waals surface area contributed by atoms with E-state index in [0.29, 0.717) is 0 Å². The predicted octanol–water partition coefficient (Wildman–Crippen LogP) is 1.74. The Morgan fingerprint density at radius 2 is 1.81 bits per heavy atom. The van der Waals surface area contributed by atoms with Gasteiger partial charge in [-0.15, -0.1) is 6.58 Å². The second-order valence-electron chi connectivity index (χ2n) is 5.57. The molecule has 1 aromatic carbocycles. The van der Waals surface area contributed by atoms with Crippen molar-refractivity contribution in [3.05, 3.63) is 48.0 Å². The van der Waals surface area contributed by atoms with Gasteiger partial charge in [0.2, 0.25) is 0 Å². The molecule has 0 radical (unpaired) electrons. The van der Waals surface area contributed by atoms with Gasteiger partial charge >= 0.3 is 11.8 Å². The minimum Gasteiger partial charge on any atom is -0.344 e. The van der Waals surface area contributed by atoms with Gasteiger partial charge in [-0.1, -0.05) is 51.1 Å². The lowest BCUT2D eigenvalue weighted by molar-refractivity contribution is -0.139. The number of amides is 2. The van der Waals surface area contributed by atoms with Crippen molar-refractivity contribution in [1.29, 1.82) is 0 Å². The number of benzene rings is 1. The van der Waals surface area contributed by atoms with Gasteiger partial charge in [-0.3, -0.25) is 9.59 Å². The van der Waals surface area contributed by atoms with Gasteiger partial charge in [0.1, 0.15) is 0 Å². The van der Waals surface area contributed by atoms with E-state index in [1.54, 1.807) is 0 Å². The summed E-state index contributed by atoms with van der Waals surface area (Å²) in [5.74, 6) is -1.55. The maximum atomic E-state index is 11.4. The fourth-order valence-corrected chi connectivity index (χ4v) is 1.53. The lowest BCUT2D eigenvalue weighted by Crippen LogP contribution is -2.37. The Bertz CT molecular complexity index is 540. The van der Waals surface area contributed by atoms with E-state index in [0.717, 1.165) is 5.56 Å². The third-order valence-corrected chi connectivity index (χ3v) is 2.77. The summed E-state index contributed by atoms with van der Waals surface area (Å²) in [5, 5.41) is 6.11. The quantitative estimate of drug-likeness (QED) is 0.383. The number of nitrogens with one attached hydrogen (secondary N) is 2. The molecule has 0 saturated heterocycles. The molecule has 0 bridgehead atoms. The average molecular weight is 287 g/mol. The van der Waals surface area contributed by atoms with Crippen molar-refractivity contribution < 1.29 is 9.59 Å². The Kier molecular flexibility index (Phi) is 5.84. The van der Waals surface area contributed by atoms with Gasteiger partial charge in [0.15, 0.2) is 0 Å². The van der Waals surface area contributed by atoms with E-state index < -0.39 is 11.8 Å². The Labute approximate surface area is 125 Å². The van der Waals surface area contributed by atoms with Crippen molar-refractivity contribution in [2.24, 2.45) is 5.10 Å². The van der Waals surface area contributed by atoms with E-state index in [1.165, 1.54) is 17.9 Å². The van der Waals surface area contributed by atoms with Crippen LogP contribution < -0.4 is 10.7 Å². The number of hydrazone groups is 1. The third kappa shape index (κ3) is 5.60. The van der Waals surface area contributed by atoms with Crippen molar-refractivity contribution in [2.45, 2.75) is 26.2 Å². The zero-order chi connectivity index (χ0) is 15.9. The van der Waals surface area contributed by atoms with Crippen LogP contribution in [-0.2, 0) is 15.0 Å². The maximum absolute atomic E-state index is 11.4. The first-order chi connectivity index (χ1) is 9.84. The first kappa shape index (κ1) is 16.6. The summed E-state index contributed by atoms with van der Waals surface area (Å²) in [6, 6.07) is 7.85. The standard InChI is InChI=1S/C16H21N3O2/c1-5-10-17-14(20)15(21)19-18-11-12-6-8-13(9-7-12)16(2,3)4/h5-9,11H,1,10H2,2-4H3,(H,17,20)(H,19,21)/b18-11-. The molecule has 2 amide bonds. The molecule has 0 aromatic heterocycles. The Hall–Kier alpha value is -2.43. The normalized spacial score (nSPS) is 11.2. The molecule has 0 aliphatic rings. The number of hydrogen-bond acceptors (Lipinski definition) is 3. The molecule has 0 fully saturated rings. The second kappa shape index (κ2) is 7.38. The van der Waals surface area contributed by atoms with Gasteiger partial charge in [-0.05, 0) is 16.5 Å². The lowest BCUT2D eigenvalue weighted by atomic mass is 9.87. The number of carbonyl (C=O) groups excluding carboxylic acids is 2. The summed E-state index contributed by atoms with van der Waals surface area (Å²) in [6.45, 7) is 10.1. The zero-order valence-electron chi connectivity index (χ0n) is 12.6. The molecule has 2 N–H and O–H groups in total. The van der Waals surface area contributed by atoms with Crippen LogP contribution in [-0.4, -0.2) is 24.6 Å². The highest BCUT2D eigenvalue weighted by atomic mass is 16.2. The molecule has 1 rings (SSSR count). The Balaban J connectivity index is 2.55. The maximum Gasteiger partial charge on any atom is 0.329 e. The second-order valence-corrected chi connectivity index (χ2v) is 5.57. The molecule has 0 heterocycles. The summed E-state index contributed by atoms with van der Waals surface area (Å²) in [6.07, 6.45) is 2.98. The molecule has 0 atom stereocenters. The highest BCUT2D eigenvalue weighted by Gasteiger charge is 2.12. The summed E-state index contributed by atoms with van der Waals surface area (Å²) in [7, 11) is 0. The Morgan fingerprint density at radius 1 is 1.19 bits per heavy atom. The van der Waals surface area contributed by atoms with E-state index in [2.05, 4.69) is 43.2 Å². The first-order valence-electron chi connectivity index (χ1n) is 6.67. The topological polar surface area (TPSA) is 70.6 Å². The monoisotopic (exact) mass is 287 g/mol. The van der Waals surface area contributed by atoms with Crippen molar-refractivity contribution in [2.75, 3.05) is 6.54 Å². The van der Waals surface area contributed by atoms with Gasteiger partial charge in [0, 0.05) is 6.54 Å². The number of hydrogen-bond donors (Lipinski definition) is 2. The molecule has 112 valence electrons. The largest absolute Gasteiger partial charge is 0.344 e. The minimum atomic E-state index is -0.806. The van der Waals surface area contributed by atoms with E-state index in [4.69, 9.17) is 0 Å². The molecule has 21 heavy (non-hydrogen) atoms. The number of rotatable bonds is 4. The van der Waals surface area contributed by atoms with Gasteiger partial charge in [-0.2, -0.15) is 5.10 Å². The van der Waals surface area contributed by atoms with Crippen LogP contribution in [0.2, 0.25) is 0 Å². The number of carbonyl (C=O) groups is 2. The molecule has 1 aromatic rings. The van der Waals surface area contributed by atoms with Crippen LogP contribution in [0.25, 0.3) is 0 Å². The number of nitrogens with zero attached hydrogens (tertiary/aromatic N) is 1. The van der Waals surface area contributed by atoms with E-state index in [9.17, 15) is 9.59 Å². The van der Waals surface area contributed by atoms with Gasteiger partial charge in [0.25, 0.3) is 0 Å². The Morgan fingerprint density at radius 3 is 2.33 bits per heavy atom. The van der Waals surface area contributed by atoms with Crippen LogP contribution in [0.1, 0.15) is 31.9 Å². The fraction of sp³-hybridized carbons (Fsp3) is 0.312. The van der Waals surface area contributed by atoms with Crippen molar-refractivity contribution in [1.82, 2.24) is 10.7 Å². The van der Waals surface area contributed by atoms with Crippen LogP contribution in [0.4, 0.5) is 0 Å².